The fourth-order valence-corrected chi connectivity index (χ4v) is 3.77. The maximum Gasteiger partial charge on any atom is 0.262 e. The molecule has 34 heavy (non-hydrogen) atoms. The highest BCUT2D eigenvalue weighted by atomic mass is 16.5. The lowest BCUT2D eigenvalue weighted by molar-refractivity contribution is -0.126. The van der Waals surface area contributed by atoms with Crippen molar-refractivity contribution >= 4 is 29.1 Å². The van der Waals surface area contributed by atoms with E-state index in [1.54, 1.807) is 29.2 Å². The second kappa shape index (κ2) is 10.7. The van der Waals surface area contributed by atoms with Gasteiger partial charge in [-0.05, 0) is 48.9 Å². The first-order chi connectivity index (χ1) is 16.5. The van der Waals surface area contributed by atoms with Crippen LogP contribution in [0.2, 0.25) is 0 Å². The maximum absolute atomic E-state index is 12.5. The highest BCUT2D eigenvalue weighted by molar-refractivity contribution is 6.00. The highest BCUT2D eigenvalue weighted by Gasteiger charge is 2.35. The third-order valence-electron chi connectivity index (χ3n) is 5.66. The van der Waals surface area contributed by atoms with Crippen LogP contribution >= 0.6 is 0 Å². The van der Waals surface area contributed by atoms with E-state index in [0.717, 1.165) is 11.1 Å². The molecule has 1 fully saturated rings. The van der Waals surface area contributed by atoms with Gasteiger partial charge in [0.25, 0.3) is 5.91 Å². The van der Waals surface area contributed by atoms with Gasteiger partial charge in [-0.25, -0.2) is 0 Å². The number of carbonyl (C=O) groups is 3. The number of nitrogens with zero attached hydrogens (tertiary/aromatic N) is 1. The molecule has 174 valence electrons. The van der Waals surface area contributed by atoms with Crippen LogP contribution in [0.3, 0.4) is 0 Å². The predicted octanol–water partition coefficient (Wildman–Crippen LogP) is 3.68. The van der Waals surface area contributed by atoms with Crippen LogP contribution in [-0.2, 0) is 20.9 Å². The van der Waals surface area contributed by atoms with E-state index in [9.17, 15) is 14.4 Å². The van der Waals surface area contributed by atoms with Crippen molar-refractivity contribution in [2.45, 2.75) is 19.9 Å². The van der Waals surface area contributed by atoms with Gasteiger partial charge in [0.05, 0.1) is 5.92 Å². The van der Waals surface area contributed by atoms with Gasteiger partial charge in [0.1, 0.15) is 5.75 Å². The van der Waals surface area contributed by atoms with E-state index in [0.29, 0.717) is 30.2 Å². The van der Waals surface area contributed by atoms with Gasteiger partial charge in [-0.15, -0.1) is 0 Å². The number of ether oxygens (including phenoxy) is 1. The van der Waals surface area contributed by atoms with Crippen molar-refractivity contribution in [3.63, 3.8) is 0 Å². The summed E-state index contributed by atoms with van der Waals surface area (Å²) in [5, 5.41) is 5.70. The molecule has 0 spiro atoms. The molecule has 0 aliphatic carbocycles. The molecule has 1 aliphatic rings. The van der Waals surface area contributed by atoms with Gasteiger partial charge in [0.15, 0.2) is 6.61 Å². The Bertz CT molecular complexity index is 1140. The largest absolute Gasteiger partial charge is 0.484 e. The summed E-state index contributed by atoms with van der Waals surface area (Å²) in [5.41, 5.74) is 3.54. The summed E-state index contributed by atoms with van der Waals surface area (Å²) >= 11 is 0. The third kappa shape index (κ3) is 6.01. The molecule has 4 rings (SSSR count). The molecule has 1 unspecified atom stereocenters. The molecule has 3 amide bonds. The lowest BCUT2D eigenvalue weighted by atomic mass is 10.1. The molecule has 0 saturated carbocycles. The van der Waals surface area contributed by atoms with Crippen molar-refractivity contribution in [1.82, 2.24) is 5.32 Å². The number of hydrogen-bond acceptors (Lipinski definition) is 4. The van der Waals surface area contributed by atoms with E-state index in [1.807, 2.05) is 61.5 Å². The summed E-state index contributed by atoms with van der Waals surface area (Å²) in [4.78, 5) is 38.8. The first-order valence-electron chi connectivity index (χ1n) is 11.2. The predicted molar refractivity (Wildman–Crippen MR) is 130 cm³/mol. The second-order valence-corrected chi connectivity index (χ2v) is 8.31. The fraction of sp³-hybridized carbons (Fsp3) is 0.222. The first-order valence-corrected chi connectivity index (χ1v) is 11.2. The van der Waals surface area contributed by atoms with E-state index in [4.69, 9.17) is 4.74 Å². The van der Waals surface area contributed by atoms with Gasteiger partial charge >= 0.3 is 0 Å². The van der Waals surface area contributed by atoms with Gasteiger partial charge in [-0.2, -0.15) is 0 Å². The van der Waals surface area contributed by atoms with E-state index < -0.39 is 5.92 Å². The smallest absolute Gasteiger partial charge is 0.262 e. The summed E-state index contributed by atoms with van der Waals surface area (Å²) < 4.78 is 5.56. The molecule has 2 N–H and O–H groups in total. The Labute approximate surface area is 198 Å². The van der Waals surface area contributed by atoms with Crippen molar-refractivity contribution in [3.8, 4) is 5.75 Å². The van der Waals surface area contributed by atoms with Gasteiger partial charge in [0.2, 0.25) is 11.8 Å². The number of anilines is 2. The van der Waals surface area contributed by atoms with Gasteiger partial charge in [-0.3, -0.25) is 14.4 Å². The van der Waals surface area contributed by atoms with Gasteiger partial charge in [-0.1, -0.05) is 48.0 Å². The van der Waals surface area contributed by atoms with Crippen LogP contribution in [0.15, 0.2) is 78.9 Å². The van der Waals surface area contributed by atoms with Gasteiger partial charge < -0.3 is 20.3 Å². The summed E-state index contributed by atoms with van der Waals surface area (Å²) in [5.74, 6) is -0.346. The number of carbonyl (C=O) groups excluding carboxylic acids is 3. The average molecular weight is 458 g/mol. The van der Waals surface area contributed by atoms with Crippen molar-refractivity contribution in [2.24, 2.45) is 5.92 Å². The number of rotatable bonds is 8. The third-order valence-corrected chi connectivity index (χ3v) is 5.66. The summed E-state index contributed by atoms with van der Waals surface area (Å²) in [6.07, 6.45) is 0.179. The summed E-state index contributed by atoms with van der Waals surface area (Å²) in [6.45, 7) is 2.63. The van der Waals surface area contributed by atoms with Crippen LogP contribution in [0.25, 0.3) is 0 Å². The molecule has 1 atom stereocenters. The van der Waals surface area contributed by atoms with Crippen molar-refractivity contribution in [1.29, 1.82) is 0 Å². The Balaban J connectivity index is 1.26. The summed E-state index contributed by atoms with van der Waals surface area (Å²) in [6, 6.07) is 24.1. The molecular formula is C27H27N3O4. The minimum Gasteiger partial charge on any atom is -0.484 e. The van der Waals surface area contributed by atoms with E-state index in [1.165, 1.54) is 0 Å². The molecule has 0 aromatic heterocycles. The molecule has 0 radical (unpaired) electrons. The molecule has 3 aromatic rings. The first kappa shape index (κ1) is 23.0. The zero-order valence-electron chi connectivity index (χ0n) is 19.0. The molecule has 0 bridgehead atoms. The monoisotopic (exact) mass is 457 g/mol. The maximum atomic E-state index is 12.5. The highest BCUT2D eigenvalue weighted by Crippen LogP contribution is 2.27. The number of amides is 3. The van der Waals surface area contributed by atoms with Crippen LogP contribution in [0, 0.1) is 12.8 Å². The zero-order chi connectivity index (χ0) is 23.9. The van der Waals surface area contributed by atoms with Crippen molar-refractivity contribution < 1.29 is 19.1 Å². The van der Waals surface area contributed by atoms with E-state index in [-0.39, 0.29) is 30.7 Å². The Kier molecular flexibility index (Phi) is 7.22. The van der Waals surface area contributed by atoms with E-state index in [2.05, 4.69) is 10.6 Å². The topological polar surface area (TPSA) is 87.7 Å². The Hall–Kier alpha value is -4.13. The minimum atomic E-state index is -0.391. The fourth-order valence-electron chi connectivity index (χ4n) is 3.77. The number of hydrogen-bond donors (Lipinski definition) is 2. The normalized spacial score (nSPS) is 15.1. The minimum absolute atomic E-state index is 0.0917. The van der Waals surface area contributed by atoms with Crippen LogP contribution in [0.4, 0.5) is 11.4 Å². The molecule has 7 nitrogen and oxygen atoms in total. The standard InChI is InChI=1S/C27H27N3O4/c1-19-7-9-22(10-8-19)29-25(31)18-34-24-13-11-23(12-14-24)30-17-21(15-26(30)32)27(33)28-16-20-5-3-2-4-6-20/h2-14,21H,15-18H2,1H3,(H,28,33)(H,29,31). The van der Waals surface area contributed by atoms with Crippen molar-refractivity contribution in [3.05, 3.63) is 90.0 Å². The molecule has 1 heterocycles. The number of nitrogens with one attached hydrogen (secondary N) is 2. The Morgan fingerprint density at radius 1 is 0.971 bits per heavy atom. The number of aryl methyl sites for hydroxylation is 1. The summed E-state index contributed by atoms with van der Waals surface area (Å²) in [7, 11) is 0. The van der Waals surface area contributed by atoms with Crippen LogP contribution in [0.5, 0.6) is 5.75 Å². The lowest BCUT2D eigenvalue weighted by Crippen LogP contribution is -2.32. The van der Waals surface area contributed by atoms with Crippen molar-refractivity contribution in [2.75, 3.05) is 23.4 Å². The molecular weight excluding hydrogens is 430 g/mol. The Morgan fingerprint density at radius 2 is 1.68 bits per heavy atom. The van der Waals surface area contributed by atoms with E-state index >= 15 is 0 Å². The van der Waals surface area contributed by atoms with Crippen LogP contribution in [-0.4, -0.2) is 30.9 Å². The molecule has 3 aromatic carbocycles. The number of benzene rings is 3. The molecule has 1 saturated heterocycles. The molecule has 1 aliphatic heterocycles. The Morgan fingerprint density at radius 3 is 2.38 bits per heavy atom. The van der Waals surface area contributed by atoms with Crippen LogP contribution in [0.1, 0.15) is 17.5 Å². The second-order valence-electron chi connectivity index (χ2n) is 8.31. The average Bonchev–Trinajstić information content (AvgIpc) is 3.25. The zero-order valence-corrected chi connectivity index (χ0v) is 19.0. The van der Waals surface area contributed by atoms with Crippen LogP contribution < -0.4 is 20.3 Å². The SMILES string of the molecule is Cc1ccc(NC(=O)COc2ccc(N3CC(C(=O)NCc4ccccc4)CC3=O)cc2)cc1. The lowest BCUT2D eigenvalue weighted by Gasteiger charge is -2.17. The molecule has 7 heteroatoms. The quantitative estimate of drug-likeness (QED) is 0.540. The van der Waals surface area contributed by atoms with Gasteiger partial charge in [0, 0.05) is 30.9 Å².